The minimum absolute atomic E-state index is 0.520. The summed E-state index contributed by atoms with van der Waals surface area (Å²) in [6.07, 6.45) is 3.50. The van der Waals surface area contributed by atoms with E-state index in [-0.39, 0.29) is 0 Å². The molecule has 5 heteroatoms. The molecule has 2 aliphatic rings. The van der Waals surface area contributed by atoms with Crippen molar-refractivity contribution in [1.29, 1.82) is 0 Å². The monoisotopic (exact) mass is 270 g/mol. The van der Waals surface area contributed by atoms with Gasteiger partial charge in [0, 0.05) is 28.5 Å². The number of H-pyrrole nitrogens is 1. The molecule has 1 saturated heterocycles. The van der Waals surface area contributed by atoms with Gasteiger partial charge >= 0.3 is 0 Å². The molecule has 2 nitrogen and oxygen atoms in total. The second-order valence-electron chi connectivity index (χ2n) is 4.17. The molecule has 1 fully saturated rings. The molecule has 16 heavy (non-hydrogen) atoms. The van der Waals surface area contributed by atoms with Crippen molar-refractivity contribution in [2.45, 2.75) is 24.5 Å². The van der Waals surface area contributed by atoms with E-state index in [0.717, 1.165) is 23.3 Å². The van der Waals surface area contributed by atoms with Crippen molar-refractivity contribution < 1.29 is 0 Å². The van der Waals surface area contributed by atoms with E-state index in [1.54, 1.807) is 0 Å². The van der Waals surface area contributed by atoms with Gasteiger partial charge in [0.15, 0.2) is 0 Å². The summed E-state index contributed by atoms with van der Waals surface area (Å²) in [4.78, 5) is 8.12. The fourth-order valence-corrected chi connectivity index (χ4v) is 5.22. The van der Waals surface area contributed by atoms with Crippen LogP contribution in [0.4, 0.5) is 0 Å². The lowest BCUT2D eigenvalue weighted by molar-refractivity contribution is 0.869. The summed E-state index contributed by atoms with van der Waals surface area (Å²) in [7, 11) is 0. The first-order valence-electron chi connectivity index (χ1n) is 5.66. The van der Waals surface area contributed by atoms with Crippen LogP contribution in [0.2, 0.25) is 0 Å². The average Bonchev–Trinajstić information content (AvgIpc) is 2.79. The highest BCUT2D eigenvalue weighted by Gasteiger charge is 2.21. The number of aromatic nitrogens is 2. The Morgan fingerprint density at radius 3 is 3.06 bits per heavy atom. The van der Waals surface area contributed by atoms with E-state index in [0.29, 0.717) is 5.25 Å². The molecule has 1 aromatic rings. The van der Waals surface area contributed by atoms with Crippen LogP contribution in [0.5, 0.6) is 0 Å². The van der Waals surface area contributed by atoms with Gasteiger partial charge in [0.05, 0.1) is 5.25 Å². The SMILES string of the molecule is S=c1nc(C2CSCCS2)[nH]c2c1CCC2. The molecule has 0 bridgehead atoms. The summed E-state index contributed by atoms with van der Waals surface area (Å²) >= 11 is 9.42. The predicted octanol–water partition coefficient (Wildman–Crippen LogP) is 3.15. The Kier molecular flexibility index (Phi) is 3.27. The molecule has 86 valence electrons. The van der Waals surface area contributed by atoms with Crippen molar-refractivity contribution in [3.05, 3.63) is 21.7 Å². The Balaban J connectivity index is 1.96. The van der Waals surface area contributed by atoms with Crippen LogP contribution in [0.15, 0.2) is 0 Å². The second-order valence-corrected chi connectivity index (χ2v) is 7.02. The largest absolute Gasteiger partial charge is 0.346 e. The smallest absolute Gasteiger partial charge is 0.133 e. The Bertz CT molecular complexity index is 449. The molecule has 1 aromatic heterocycles. The van der Waals surface area contributed by atoms with Gasteiger partial charge in [-0.2, -0.15) is 11.8 Å². The number of nitrogens with zero attached hydrogens (tertiary/aromatic N) is 1. The summed E-state index contributed by atoms with van der Waals surface area (Å²) in [6.45, 7) is 0. The van der Waals surface area contributed by atoms with Gasteiger partial charge in [-0.25, -0.2) is 4.98 Å². The van der Waals surface area contributed by atoms with E-state index < -0.39 is 0 Å². The van der Waals surface area contributed by atoms with Crippen molar-refractivity contribution in [3.8, 4) is 0 Å². The standard InChI is InChI=1S/C11H14N2S3/c14-11-7-2-1-3-8(7)12-10(13-11)9-6-15-4-5-16-9/h9H,1-6H2,(H,12,13,14). The van der Waals surface area contributed by atoms with Crippen LogP contribution in [-0.4, -0.2) is 27.2 Å². The molecule has 1 aliphatic carbocycles. The predicted molar refractivity (Wildman–Crippen MR) is 74.0 cm³/mol. The summed E-state index contributed by atoms with van der Waals surface area (Å²) in [6, 6.07) is 0. The van der Waals surface area contributed by atoms with Gasteiger partial charge in [-0.3, -0.25) is 0 Å². The topological polar surface area (TPSA) is 28.7 Å². The van der Waals surface area contributed by atoms with Crippen molar-refractivity contribution in [2.75, 3.05) is 17.3 Å². The van der Waals surface area contributed by atoms with E-state index in [1.807, 2.05) is 23.5 Å². The summed E-state index contributed by atoms with van der Waals surface area (Å²) in [5, 5.41) is 0.520. The summed E-state index contributed by atoms with van der Waals surface area (Å²) in [5.41, 5.74) is 2.65. The normalized spacial score (nSPS) is 24.4. The quantitative estimate of drug-likeness (QED) is 0.794. The lowest BCUT2D eigenvalue weighted by Gasteiger charge is -2.20. The lowest BCUT2D eigenvalue weighted by atomic mass is 10.2. The van der Waals surface area contributed by atoms with E-state index in [1.165, 1.54) is 34.9 Å². The zero-order valence-electron chi connectivity index (χ0n) is 8.99. The zero-order valence-corrected chi connectivity index (χ0v) is 11.4. The highest BCUT2D eigenvalue weighted by molar-refractivity contribution is 8.06. The summed E-state index contributed by atoms with van der Waals surface area (Å²) in [5.74, 6) is 4.78. The molecule has 1 N–H and O–H groups in total. The molecule has 0 spiro atoms. The summed E-state index contributed by atoms with van der Waals surface area (Å²) < 4.78 is 0.845. The average molecular weight is 270 g/mol. The number of rotatable bonds is 1. The molecule has 1 atom stereocenters. The molecule has 0 amide bonds. The van der Waals surface area contributed by atoms with Crippen molar-refractivity contribution in [2.24, 2.45) is 0 Å². The van der Waals surface area contributed by atoms with Crippen molar-refractivity contribution >= 4 is 35.7 Å². The minimum Gasteiger partial charge on any atom is -0.346 e. The van der Waals surface area contributed by atoms with E-state index in [4.69, 9.17) is 12.2 Å². The lowest BCUT2D eigenvalue weighted by Crippen LogP contribution is -2.11. The molecule has 0 saturated carbocycles. The second kappa shape index (κ2) is 4.70. The zero-order chi connectivity index (χ0) is 11.0. The Labute approximate surface area is 109 Å². The third kappa shape index (κ3) is 2.05. The van der Waals surface area contributed by atoms with Gasteiger partial charge in [-0.15, -0.1) is 11.8 Å². The highest BCUT2D eigenvalue weighted by atomic mass is 32.2. The molecule has 0 radical (unpaired) electrons. The van der Waals surface area contributed by atoms with Gasteiger partial charge in [-0.1, -0.05) is 12.2 Å². The maximum Gasteiger partial charge on any atom is 0.133 e. The van der Waals surface area contributed by atoms with Crippen LogP contribution in [0, 0.1) is 4.64 Å². The molecular formula is C11H14N2S3. The first-order chi connectivity index (χ1) is 7.84. The highest BCUT2D eigenvalue weighted by Crippen LogP contribution is 2.35. The molecular weight excluding hydrogens is 256 g/mol. The Morgan fingerprint density at radius 1 is 1.31 bits per heavy atom. The number of thioether (sulfide) groups is 2. The molecule has 3 rings (SSSR count). The van der Waals surface area contributed by atoms with Gasteiger partial charge in [0.2, 0.25) is 0 Å². The molecule has 0 aromatic carbocycles. The first-order valence-corrected chi connectivity index (χ1v) is 8.27. The molecule has 1 unspecified atom stereocenters. The van der Waals surface area contributed by atoms with E-state index >= 15 is 0 Å². The van der Waals surface area contributed by atoms with Crippen LogP contribution in [0.3, 0.4) is 0 Å². The van der Waals surface area contributed by atoms with Crippen LogP contribution in [0.25, 0.3) is 0 Å². The Morgan fingerprint density at radius 2 is 2.25 bits per heavy atom. The number of hydrogen-bond acceptors (Lipinski definition) is 4. The molecule has 2 heterocycles. The third-order valence-corrected chi connectivity index (χ3v) is 6.20. The number of hydrogen-bond donors (Lipinski definition) is 1. The van der Waals surface area contributed by atoms with E-state index in [9.17, 15) is 0 Å². The minimum atomic E-state index is 0.520. The molecule has 1 aliphatic heterocycles. The van der Waals surface area contributed by atoms with Gasteiger partial charge in [0.25, 0.3) is 0 Å². The number of aryl methyl sites for hydroxylation is 1. The fraction of sp³-hybridized carbons (Fsp3) is 0.636. The maximum absolute atomic E-state index is 5.39. The van der Waals surface area contributed by atoms with Crippen LogP contribution in [0.1, 0.15) is 28.8 Å². The van der Waals surface area contributed by atoms with Gasteiger partial charge in [-0.05, 0) is 19.3 Å². The first kappa shape index (κ1) is 11.1. The Hall–Kier alpha value is -0.0000000000000000555. The van der Waals surface area contributed by atoms with Crippen LogP contribution < -0.4 is 0 Å². The van der Waals surface area contributed by atoms with Gasteiger partial charge in [0.1, 0.15) is 10.5 Å². The maximum atomic E-state index is 5.39. The van der Waals surface area contributed by atoms with Crippen LogP contribution >= 0.6 is 35.7 Å². The van der Waals surface area contributed by atoms with Gasteiger partial charge < -0.3 is 4.98 Å². The fourth-order valence-electron chi connectivity index (χ4n) is 2.28. The third-order valence-electron chi connectivity index (χ3n) is 3.10. The van der Waals surface area contributed by atoms with Crippen molar-refractivity contribution in [3.63, 3.8) is 0 Å². The van der Waals surface area contributed by atoms with Crippen molar-refractivity contribution in [1.82, 2.24) is 9.97 Å². The number of fused-ring (bicyclic) bond motifs is 1. The number of nitrogens with one attached hydrogen (secondary N) is 1. The van der Waals surface area contributed by atoms with E-state index in [2.05, 4.69) is 9.97 Å². The number of aromatic amines is 1. The van der Waals surface area contributed by atoms with Crippen LogP contribution in [-0.2, 0) is 12.8 Å².